The van der Waals surface area contributed by atoms with Crippen LogP contribution >= 0.6 is 11.8 Å². The Morgan fingerprint density at radius 3 is 2.38 bits per heavy atom. The Kier molecular flexibility index (Phi) is 5.41. The predicted octanol–water partition coefficient (Wildman–Crippen LogP) is 3.57. The van der Waals surface area contributed by atoms with Gasteiger partial charge in [0.05, 0.1) is 23.2 Å². The minimum Gasteiger partial charge on any atom is -0.495 e. The Morgan fingerprint density at radius 1 is 1.10 bits per heavy atom. The second-order valence-electron chi connectivity index (χ2n) is 6.11. The smallest absolute Gasteiger partial charge is 0.446 e. The molecule has 0 saturated carbocycles. The lowest BCUT2D eigenvalue weighted by Crippen LogP contribution is -2.19. The van der Waals surface area contributed by atoms with Crippen LogP contribution in [0, 0.1) is 6.92 Å². The summed E-state index contributed by atoms with van der Waals surface area (Å²) in [5.41, 5.74) is -4.06. The largest absolute Gasteiger partial charge is 0.495 e. The highest BCUT2D eigenvalue weighted by Crippen LogP contribution is 2.41. The molecular weight excluding hydrogens is 429 g/mol. The van der Waals surface area contributed by atoms with E-state index in [0.717, 1.165) is 0 Å². The van der Waals surface area contributed by atoms with Crippen molar-refractivity contribution in [2.75, 3.05) is 7.11 Å². The van der Waals surface area contributed by atoms with Gasteiger partial charge in [-0.3, -0.25) is 9.36 Å². The first-order chi connectivity index (χ1) is 13.4. The van der Waals surface area contributed by atoms with E-state index < -0.39 is 21.1 Å². The Bertz CT molecular complexity index is 1270. The summed E-state index contributed by atoms with van der Waals surface area (Å²) >= 11 is -0.275. The molecule has 3 aromatic rings. The zero-order valence-electron chi connectivity index (χ0n) is 15.1. The molecule has 0 amide bonds. The van der Waals surface area contributed by atoms with Crippen molar-refractivity contribution in [2.45, 2.75) is 22.2 Å². The topological polar surface area (TPSA) is 91.4 Å². The van der Waals surface area contributed by atoms with Crippen LogP contribution in [-0.4, -0.2) is 25.6 Å². The van der Waals surface area contributed by atoms with Gasteiger partial charge in [-0.15, -0.1) is 0 Å². The molecular formula is C18H15F3N2O4S2. The number of benzene rings is 2. The molecule has 1 aromatic heterocycles. The second kappa shape index (κ2) is 7.39. The van der Waals surface area contributed by atoms with Crippen molar-refractivity contribution in [3.63, 3.8) is 0 Å². The van der Waals surface area contributed by atoms with Gasteiger partial charge in [0, 0.05) is 16.3 Å². The molecule has 1 heterocycles. The normalized spacial score (nSPS) is 12.3. The van der Waals surface area contributed by atoms with Crippen LogP contribution in [0.5, 0.6) is 5.75 Å². The number of primary sulfonamides is 1. The van der Waals surface area contributed by atoms with Gasteiger partial charge in [-0.25, -0.2) is 13.6 Å². The number of rotatable bonds is 4. The highest BCUT2D eigenvalue weighted by atomic mass is 32.2. The van der Waals surface area contributed by atoms with E-state index in [0.29, 0.717) is 16.5 Å². The number of hydrogen-bond acceptors (Lipinski definition) is 5. The van der Waals surface area contributed by atoms with E-state index >= 15 is 0 Å². The van der Waals surface area contributed by atoms with Gasteiger partial charge in [0.1, 0.15) is 5.75 Å². The summed E-state index contributed by atoms with van der Waals surface area (Å²) in [5.74, 6) is 0.0625. The van der Waals surface area contributed by atoms with Crippen molar-refractivity contribution in [3.8, 4) is 11.4 Å². The molecule has 0 spiro atoms. The fourth-order valence-electron chi connectivity index (χ4n) is 2.88. The number of aryl methyl sites for hydroxylation is 1. The number of thioether (sulfide) groups is 1. The highest BCUT2D eigenvalue weighted by Gasteiger charge is 2.30. The van der Waals surface area contributed by atoms with Crippen molar-refractivity contribution < 1.29 is 26.3 Å². The molecule has 0 bridgehead atoms. The van der Waals surface area contributed by atoms with Gasteiger partial charge >= 0.3 is 5.51 Å². The molecule has 0 radical (unpaired) electrons. The van der Waals surface area contributed by atoms with Crippen molar-refractivity contribution in [1.29, 1.82) is 0 Å². The molecule has 0 unspecified atom stereocenters. The second-order valence-corrected chi connectivity index (χ2v) is 8.78. The van der Waals surface area contributed by atoms with Crippen molar-refractivity contribution in [1.82, 2.24) is 4.57 Å². The number of hydrogen-bond donors (Lipinski definition) is 1. The Balaban J connectivity index is 2.29. The fourth-order valence-corrected chi connectivity index (χ4v) is 4.06. The van der Waals surface area contributed by atoms with E-state index in [1.807, 2.05) is 0 Å². The average Bonchev–Trinajstić information content (AvgIpc) is 2.61. The highest BCUT2D eigenvalue weighted by molar-refractivity contribution is 8.00. The summed E-state index contributed by atoms with van der Waals surface area (Å²) < 4.78 is 68.0. The van der Waals surface area contributed by atoms with Crippen molar-refractivity contribution >= 4 is 32.7 Å². The standard InChI is InChI=1S/C18H15F3N2O4S2/c1-10-7-14(15(27-2)9-16(10)28-18(19,20)21)23-13-5-4-12(29(22,25)26)8-11(13)3-6-17(23)24/h3-9H,1-2H3,(H2,22,25,26). The number of nitrogens with zero attached hydrogens (tertiary/aromatic N) is 1. The third kappa shape index (κ3) is 4.41. The molecule has 2 N–H and O–H groups in total. The molecule has 2 aromatic carbocycles. The third-order valence-corrected chi connectivity index (χ3v) is 5.94. The Hall–Kier alpha value is -2.50. The molecule has 11 heteroatoms. The fraction of sp³-hybridized carbons (Fsp3) is 0.167. The molecule has 0 aliphatic carbocycles. The van der Waals surface area contributed by atoms with Gasteiger partial charge in [0.25, 0.3) is 5.56 Å². The summed E-state index contributed by atoms with van der Waals surface area (Å²) in [6.45, 7) is 1.49. The van der Waals surface area contributed by atoms with Crippen molar-refractivity contribution in [3.05, 3.63) is 58.4 Å². The van der Waals surface area contributed by atoms with Gasteiger partial charge in [-0.05, 0) is 60.6 Å². The third-order valence-electron chi connectivity index (χ3n) is 4.14. The first-order valence-electron chi connectivity index (χ1n) is 8.04. The first kappa shape index (κ1) is 21.2. The molecule has 154 valence electrons. The lowest BCUT2D eigenvalue weighted by molar-refractivity contribution is -0.0328. The number of halogens is 3. The average molecular weight is 444 g/mol. The molecule has 6 nitrogen and oxygen atoms in total. The zero-order valence-corrected chi connectivity index (χ0v) is 16.8. The summed E-state index contributed by atoms with van der Waals surface area (Å²) in [4.78, 5) is 12.4. The van der Waals surface area contributed by atoms with Crippen LogP contribution in [0.2, 0.25) is 0 Å². The molecule has 3 rings (SSSR count). The Morgan fingerprint density at radius 2 is 1.79 bits per heavy atom. The molecule has 0 fully saturated rings. The van der Waals surface area contributed by atoms with Gasteiger partial charge in [0.15, 0.2) is 0 Å². The van der Waals surface area contributed by atoms with Gasteiger partial charge in [-0.1, -0.05) is 0 Å². The van der Waals surface area contributed by atoms with E-state index in [-0.39, 0.29) is 33.0 Å². The molecule has 0 aliphatic heterocycles. The quantitative estimate of drug-likeness (QED) is 0.622. The predicted molar refractivity (Wildman–Crippen MR) is 104 cm³/mol. The zero-order chi connectivity index (χ0) is 21.6. The molecule has 0 atom stereocenters. The van der Waals surface area contributed by atoms with Crippen molar-refractivity contribution in [2.24, 2.45) is 5.14 Å². The van der Waals surface area contributed by atoms with Gasteiger partial charge < -0.3 is 4.74 Å². The SMILES string of the molecule is COc1cc(SC(F)(F)F)c(C)cc1-n1c(=O)ccc2cc(S(N)(=O)=O)ccc21. The van der Waals surface area contributed by atoms with Crippen LogP contribution in [0.4, 0.5) is 13.2 Å². The van der Waals surface area contributed by atoms with E-state index in [1.54, 1.807) is 0 Å². The summed E-state index contributed by atoms with van der Waals surface area (Å²) in [6.07, 6.45) is 0. The number of nitrogens with two attached hydrogens (primary N) is 1. The monoisotopic (exact) mass is 444 g/mol. The van der Waals surface area contributed by atoms with E-state index in [1.165, 1.54) is 61.1 Å². The lowest BCUT2D eigenvalue weighted by Gasteiger charge is -2.17. The number of alkyl halides is 3. The number of sulfonamides is 1. The van der Waals surface area contributed by atoms with E-state index in [9.17, 15) is 26.4 Å². The maximum Gasteiger partial charge on any atom is 0.446 e. The molecule has 29 heavy (non-hydrogen) atoms. The van der Waals surface area contributed by atoms with E-state index in [2.05, 4.69) is 0 Å². The number of aromatic nitrogens is 1. The van der Waals surface area contributed by atoms with Crippen LogP contribution in [0.25, 0.3) is 16.6 Å². The summed E-state index contributed by atoms with van der Waals surface area (Å²) in [6, 6.07) is 9.27. The summed E-state index contributed by atoms with van der Waals surface area (Å²) in [5, 5.41) is 5.56. The minimum atomic E-state index is -4.47. The van der Waals surface area contributed by atoms with Crippen LogP contribution in [-0.2, 0) is 10.0 Å². The molecule has 0 aliphatic rings. The van der Waals surface area contributed by atoms with Crippen LogP contribution in [0.1, 0.15) is 5.56 Å². The number of methoxy groups -OCH3 is 1. The Labute approximate surface area is 168 Å². The summed E-state index contributed by atoms with van der Waals surface area (Å²) in [7, 11) is -2.66. The van der Waals surface area contributed by atoms with Crippen LogP contribution in [0.15, 0.2) is 57.1 Å². The van der Waals surface area contributed by atoms with Crippen LogP contribution < -0.4 is 15.4 Å². The number of ether oxygens (including phenoxy) is 1. The van der Waals surface area contributed by atoms with Crippen LogP contribution in [0.3, 0.4) is 0 Å². The first-order valence-corrected chi connectivity index (χ1v) is 10.4. The van der Waals surface area contributed by atoms with E-state index in [4.69, 9.17) is 9.88 Å². The van der Waals surface area contributed by atoms with Gasteiger partial charge in [-0.2, -0.15) is 13.2 Å². The maximum absolute atomic E-state index is 12.8. The number of pyridine rings is 1. The minimum absolute atomic E-state index is 0.0529. The number of fused-ring (bicyclic) bond motifs is 1. The van der Waals surface area contributed by atoms with Gasteiger partial charge in [0.2, 0.25) is 10.0 Å². The lowest BCUT2D eigenvalue weighted by atomic mass is 10.1. The molecule has 0 saturated heterocycles. The maximum atomic E-state index is 12.8.